The van der Waals surface area contributed by atoms with Crippen LogP contribution in [0.3, 0.4) is 0 Å². The van der Waals surface area contributed by atoms with Gasteiger partial charge in [-0.25, -0.2) is 0 Å². The zero-order valence-electron chi connectivity index (χ0n) is 11.4. The maximum atomic E-state index is 9.07. The van der Waals surface area contributed by atoms with Crippen LogP contribution in [0.1, 0.15) is 32.8 Å². The molecule has 0 aromatic carbocycles. The van der Waals surface area contributed by atoms with Crippen LogP contribution in [0.15, 0.2) is 12.4 Å². The molecule has 0 bridgehead atoms. The second-order valence-corrected chi connectivity index (χ2v) is 5.66. The molecule has 4 heteroatoms. The molecule has 17 heavy (non-hydrogen) atoms. The number of hydrogen-bond donors (Lipinski definition) is 2. The van der Waals surface area contributed by atoms with Crippen molar-refractivity contribution in [1.82, 2.24) is 15.1 Å². The Morgan fingerprint density at radius 2 is 2.18 bits per heavy atom. The molecular weight excluding hydrogens is 214 g/mol. The van der Waals surface area contributed by atoms with Crippen LogP contribution in [0.2, 0.25) is 0 Å². The van der Waals surface area contributed by atoms with Crippen LogP contribution in [-0.4, -0.2) is 34.1 Å². The third-order valence-corrected chi connectivity index (χ3v) is 3.03. The lowest BCUT2D eigenvalue weighted by Gasteiger charge is -2.31. The van der Waals surface area contributed by atoms with Gasteiger partial charge in [0.15, 0.2) is 0 Å². The van der Waals surface area contributed by atoms with E-state index in [0.717, 1.165) is 19.4 Å². The first-order chi connectivity index (χ1) is 7.93. The van der Waals surface area contributed by atoms with Crippen molar-refractivity contribution in [1.29, 1.82) is 0 Å². The van der Waals surface area contributed by atoms with Gasteiger partial charge in [-0.15, -0.1) is 0 Å². The second-order valence-electron chi connectivity index (χ2n) is 5.66. The van der Waals surface area contributed by atoms with E-state index in [-0.39, 0.29) is 12.0 Å². The number of nitrogens with zero attached hydrogens (tertiary/aromatic N) is 2. The molecule has 0 aliphatic rings. The SMILES string of the molecule is Cn1cc(CCNC(CCO)C(C)(C)C)cn1. The van der Waals surface area contributed by atoms with Gasteiger partial charge in [0.2, 0.25) is 0 Å². The van der Waals surface area contributed by atoms with Crippen molar-refractivity contribution in [3.05, 3.63) is 18.0 Å². The highest BCUT2D eigenvalue weighted by Gasteiger charge is 2.23. The zero-order chi connectivity index (χ0) is 12.9. The van der Waals surface area contributed by atoms with Crippen LogP contribution in [0.4, 0.5) is 0 Å². The number of hydrogen-bond acceptors (Lipinski definition) is 3. The van der Waals surface area contributed by atoms with Crippen LogP contribution in [-0.2, 0) is 13.5 Å². The number of aliphatic hydroxyl groups is 1. The Morgan fingerprint density at radius 1 is 1.47 bits per heavy atom. The van der Waals surface area contributed by atoms with E-state index in [1.807, 2.05) is 24.1 Å². The van der Waals surface area contributed by atoms with Gasteiger partial charge in [-0.1, -0.05) is 20.8 Å². The lowest BCUT2D eigenvalue weighted by Crippen LogP contribution is -2.41. The van der Waals surface area contributed by atoms with Gasteiger partial charge in [-0.3, -0.25) is 4.68 Å². The van der Waals surface area contributed by atoms with E-state index in [1.54, 1.807) is 0 Å². The molecular formula is C13H25N3O. The molecule has 0 amide bonds. The molecule has 1 rings (SSSR count). The monoisotopic (exact) mass is 239 g/mol. The molecule has 0 radical (unpaired) electrons. The molecule has 0 saturated carbocycles. The average Bonchev–Trinajstić information content (AvgIpc) is 2.61. The lowest BCUT2D eigenvalue weighted by atomic mass is 9.85. The summed E-state index contributed by atoms with van der Waals surface area (Å²) >= 11 is 0. The van der Waals surface area contributed by atoms with Gasteiger partial charge in [0.25, 0.3) is 0 Å². The first-order valence-corrected chi connectivity index (χ1v) is 6.25. The molecule has 1 aromatic rings. The van der Waals surface area contributed by atoms with Crippen molar-refractivity contribution in [2.75, 3.05) is 13.2 Å². The first-order valence-electron chi connectivity index (χ1n) is 6.25. The first kappa shape index (κ1) is 14.2. The third kappa shape index (κ3) is 4.88. The second kappa shape index (κ2) is 6.17. The number of nitrogens with one attached hydrogen (secondary N) is 1. The molecule has 0 fully saturated rings. The Bertz CT molecular complexity index is 328. The fourth-order valence-electron chi connectivity index (χ4n) is 1.96. The number of aromatic nitrogens is 2. The van der Waals surface area contributed by atoms with Gasteiger partial charge in [-0.05, 0) is 30.4 Å². The molecule has 1 aromatic heterocycles. The Kier molecular flexibility index (Phi) is 5.15. The van der Waals surface area contributed by atoms with Gasteiger partial charge < -0.3 is 10.4 Å². The topological polar surface area (TPSA) is 50.1 Å². The van der Waals surface area contributed by atoms with Gasteiger partial charge in [-0.2, -0.15) is 5.10 Å². The normalized spacial score (nSPS) is 13.9. The van der Waals surface area contributed by atoms with Crippen molar-refractivity contribution in [3.63, 3.8) is 0 Å². The predicted octanol–water partition coefficient (Wildman–Crippen LogP) is 1.35. The van der Waals surface area contributed by atoms with Crippen molar-refractivity contribution < 1.29 is 5.11 Å². The smallest absolute Gasteiger partial charge is 0.0522 e. The van der Waals surface area contributed by atoms with Crippen LogP contribution >= 0.6 is 0 Å². The Labute approximate surface area is 104 Å². The van der Waals surface area contributed by atoms with E-state index in [9.17, 15) is 0 Å². The van der Waals surface area contributed by atoms with Crippen molar-refractivity contribution in [2.24, 2.45) is 12.5 Å². The number of aliphatic hydroxyl groups excluding tert-OH is 1. The molecule has 0 aliphatic heterocycles. The van der Waals surface area contributed by atoms with E-state index >= 15 is 0 Å². The largest absolute Gasteiger partial charge is 0.396 e. The van der Waals surface area contributed by atoms with E-state index < -0.39 is 0 Å². The molecule has 2 N–H and O–H groups in total. The van der Waals surface area contributed by atoms with Gasteiger partial charge in [0, 0.05) is 25.9 Å². The summed E-state index contributed by atoms with van der Waals surface area (Å²) < 4.78 is 1.82. The molecule has 0 aliphatic carbocycles. The van der Waals surface area contributed by atoms with Crippen molar-refractivity contribution in [2.45, 2.75) is 39.7 Å². The Hall–Kier alpha value is -0.870. The van der Waals surface area contributed by atoms with Gasteiger partial charge in [0.05, 0.1) is 6.20 Å². The van der Waals surface area contributed by atoms with Crippen LogP contribution in [0, 0.1) is 5.41 Å². The molecule has 98 valence electrons. The highest BCUT2D eigenvalue weighted by atomic mass is 16.3. The standard InChI is InChI=1S/C13H25N3O/c1-13(2,3)12(6-8-17)14-7-5-11-9-15-16(4)10-11/h9-10,12,14,17H,5-8H2,1-4H3. The number of rotatable bonds is 6. The summed E-state index contributed by atoms with van der Waals surface area (Å²) in [5.41, 5.74) is 1.43. The number of aryl methyl sites for hydroxylation is 1. The Morgan fingerprint density at radius 3 is 2.65 bits per heavy atom. The molecule has 4 nitrogen and oxygen atoms in total. The summed E-state index contributed by atoms with van der Waals surface area (Å²) in [4.78, 5) is 0. The minimum Gasteiger partial charge on any atom is -0.396 e. The maximum Gasteiger partial charge on any atom is 0.0522 e. The summed E-state index contributed by atoms with van der Waals surface area (Å²) in [6.45, 7) is 7.76. The fourth-order valence-corrected chi connectivity index (χ4v) is 1.96. The molecule has 1 unspecified atom stereocenters. The van der Waals surface area contributed by atoms with Crippen LogP contribution in [0.25, 0.3) is 0 Å². The molecule has 0 saturated heterocycles. The van der Waals surface area contributed by atoms with Crippen LogP contribution < -0.4 is 5.32 Å². The highest BCUT2D eigenvalue weighted by molar-refractivity contribution is 5.04. The quantitative estimate of drug-likeness (QED) is 0.788. The fraction of sp³-hybridized carbons (Fsp3) is 0.769. The maximum absolute atomic E-state index is 9.07. The molecule has 0 spiro atoms. The molecule has 1 heterocycles. The summed E-state index contributed by atoms with van der Waals surface area (Å²) in [6.07, 6.45) is 5.72. The van der Waals surface area contributed by atoms with Crippen molar-refractivity contribution >= 4 is 0 Å². The van der Waals surface area contributed by atoms with Gasteiger partial charge in [0.1, 0.15) is 0 Å². The minimum atomic E-state index is 0.178. The summed E-state index contributed by atoms with van der Waals surface area (Å²) in [5, 5.41) is 16.7. The van der Waals surface area contributed by atoms with E-state index in [4.69, 9.17) is 5.11 Å². The summed E-state index contributed by atoms with van der Waals surface area (Å²) in [7, 11) is 1.93. The summed E-state index contributed by atoms with van der Waals surface area (Å²) in [5.74, 6) is 0. The average molecular weight is 239 g/mol. The van der Waals surface area contributed by atoms with E-state index in [0.29, 0.717) is 6.04 Å². The van der Waals surface area contributed by atoms with E-state index in [2.05, 4.69) is 31.2 Å². The summed E-state index contributed by atoms with van der Waals surface area (Å²) in [6, 6.07) is 0.351. The third-order valence-electron chi connectivity index (χ3n) is 3.03. The van der Waals surface area contributed by atoms with Crippen molar-refractivity contribution in [3.8, 4) is 0 Å². The minimum absolute atomic E-state index is 0.178. The predicted molar refractivity (Wildman–Crippen MR) is 69.9 cm³/mol. The Balaban J connectivity index is 2.37. The highest BCUT2D eigenvalue weighted by Crippen LogP contribution is 2.21. The van der Waals surface area contributed by atoms with Gasteiger partial charge >= 0.3 is 0 Å². The van der Waals surface area contributed by atoms with E-state index in [1.165, 1.54) is 5.56 Å². The zero-order valence-corrected chi connectivity index (χ0v) is 11.4. The lowest BCUT2D eigenvalue weighted by molar-refractivity contribution is 0.198. The van der Waals surface area contributed by atoms with Crippen LogP contribution in [0.5, 0.6) is 0 Å². The molecule has 1 atom stereocenters.